The summed E-state index contributed by atoms with van der Waals surface area (Å²) in [6, 6.07) is 8.05. The molecule has 7 nitrogen and oxygen atoms in total. The van der Waals surface area contributed by atoms with Gasteiger partial charge in [-0.3, -0.25) is 4.99 Å². The van der Waals surface area contributed by atoms with E-state index in [2.05, 4.69) is 17.6 Å². The second-order valence-electron chi connectivity index (χ2n) is 7.77. The van der Waals surface area contributed by atoms with Crippen LogP contribution in [0.15, 0.2) is 29.3 Å². The first kappa shape index (κ1) is 21.7. The summed E-state index contributed by atoms with van der Waals surface area (Å²) < 4.78 is 31.0. The average Bonchev–Trinajstić information content (AvgIpc) is 2.82. The lowest BCUT2D eigenvalue weighted by atomic mass is 9.95. The summed E-state index contributed by atoms with van der Waals surface area (Å²) in [5, 5.41) is 0. The predicted molar refractivity (Wildman–Crippen MR) is 118 cm³/mol. The van der Waals surface area contributed by atoms with E-state index in [0.717, 1.165) is 65.4 Å². The van der Waals surface area contributed by atoms with Crippen LogP contribution in [0.2, 0.25) is 0 Å². The van der Waals surface area contributed by atoms with Gasteiger partial charge in [-0.25, -0.2) is 0 Å². The van der Waals surface area contributed by atoms with E-state index >= 15 is 0 Å². The molecule has 2 aliphatic heterocycles. The van der Waals surface area contributed by atoms with Crippen molar-refractivity contribution in [3.05, 3.63) is 35.3 Å². The molecule has 0 radical (unpaired) electrons. The van der Waals surface area contributed by atoms with E-state index in [1.807, 2.05) is 18.2 Å². The molecule has 1 atom stereocenters. The van der Waals surface area contributed by atoms with Gasteiger partial charge in [0.2, 0.25) is 0 Å². The molecule has 1 unspecified atom stereocenters. The van der Waals surface area contributed by atoms with Crippen LogP contribution in [-0.4, -0.2) is 57.9 Å². The maximum atomic E-state index is 6.09. The van der Waals surface area contributed by atoms with E-state index in [-0.39, 0.29) is 6.10 Å². The highest BCUT2D eigenvalue weighted by molar-refractivity contribution is 5.76. The number of rotatable bonds is 8. The minimum absolute atomic E-state index is 0.0137. The molecule has 1 aromatic carbocycles. The highest BCUT2D eigenvalue weighted by atomic mass is 16.6. The predicted octanol–water partition coefficient (Wildman–Crippen LogP) is 3.22. The summed E-state index contributed by atoms with van der Waals surface area (Å²) in [6.45, 7) is 6.06. The number of hydrogen-bond donors (Lipinski definition) is 0. The molecular weight excluding hydrogens is 396 g/mol. The Morgan fingerprint density at radius 1 is 1.13 bits per heavy atom. The zero-order valence-electron chi connectivity index (χ0n) is 18.7. The third-order valence-corrected chi connectivity index (χ3v) is 5.74. The van der Waals surface area contributed by atoms with Crippen molar-refractivity contribution in [2.75, 3.05) is 47.2 Å². The van der Waals surface area contributed by atoms with Gasteiger partial charge in [-0.15, -0.1) is 0 Å². The molecular formula is C24H32N2O5. The van der Waals surface area contributed by atoms with Crippen molar-refractivity contribution in [2.45, 2.75) is 38.8 Å². The maximum absolute atomic E-state index is 6.09. The Morgan fingerprint density at radius 3 is 2.71 bits per heavy atom. The standard InChI is InChI=1S/C24H32N2O5/c1-4-5-10-30-17-13-20-24-19(21(27-2)6-7-22(24)28-3)8-9-26(20)23(14-17)25-15-18-16-29-11-12-31-18/h6-7,13-14,18H,4-5,8-12,15-16H2,1-3H3. The molecule has 2 aromatic rings. The topological polar surface area (TPSA) is 63.4 Å². The van der Waals surface area contributed by atoms with E-state index in [1.54, 1.807) is 14.2 Å². The van der Waals surface area contributed by atoms with Crippen molar-refractivity contribution >= 4 is 0 Å². The maximum Gasteiger partial charge on any atom is 0.131 e. The summed E-state index contributed by atoms with van der Waals surface area (Å²) in [6.07, 6.45) is 2.93. The van der Waals surface area contributed by atoms with Crippen molar-refractivity contribution in [1.29, 1.82) is 0 Å². The van der Waals surface area contributed by atoms with Crippen LogP contribution in [0, 0.1) is 0 Å². The second-order valence-corrected chi connectivity index (χ2v) is 7.77. The fraction of sp³-hybridized carbons (Fsp3) is 0.542. The minimum atomic E-state index is -0.0137. The van der Waals surface area contributed by atoms with Crippen molar-refractivity contribution < 1.29 is 23.7 Å². The fourth-order valence-electron chi connectivity index (χ4n) is 4.13. The van der Waals surface area contributed by atoms with Gasteiger partial charge < -0.3 is 28.3 Å². The lowest BCUT2D eigenvalue weighted by Gasteiger charge is -2.27. The first-order valence-corrected chi connectivity index (χ1v) is 11.1. The highest BCUT2D eigenvalue weighted by Crippen LogP contribution is 2.42. The van der Waals surface area contributed by atoms with E-state index in [9.17, 15) is 0 Å². The van der Waals surface area contributed by atoms with Gasteiger partial charge in [-0.2, -0.15) is 0 Å². The van der Waals surface area contributed by atoms with Gasteiger partial charge in [0.15, 0.2) is 0 Å². The van der Waals surface area contributed by atoms with Crippen LogP contribution in [0.5, 0.6) is 17.2 Å². The Balaban J connectivity index is 1.80. The Morgan fingerprint density at radius 2 is 1.97 bits per heavy atom. The van der Waals surface area contributed by atoms with Gasteiger partial charge in [0, 0.05) is 29.8 Å². The number of fused-ring (bicyclic) bond motifs is 3. The Labute approximate surface area is 183 Å². The number of methoxy groups -OCH3 is 2. The van der Waals surface area contributed by atoms with Crippen LogP contribution in [-0.2, 0) is 22.4 Å². The van der Waals surface area contributed by atoms with Crippen molar-refractivity contribution in [3.63, 3.8) is 0 Å². The molecule has 0 aliphatic carbocycles. The molecule has 1 saturated heterocycles. The lowest BCUT2D eigenvalue weighted by Crippen LogP contribution is -2.33. The monoisotopic (exact) mass is 428 g/mol. The molecule has 31 heavy (non-hydrogen) atoms. The first-order chi connectivity index (χ1) is 15.2. The van der Waals surface area contributed by atoms with Gasteiger partial charge in [0.05, 0.1) is 52.9 Å². The number of ether oxygens (including phenoxy) is 5. The van der Waals surface area contributed by atoms with Gasteiger partial charge in [-0.05, 0) is 25.0 Å². The van der Waals surface area contributed by atoms with E-state index in [4.69, 9.17) is 28.7 Å². The van der Waals surface area contributed by atoms with Gasteiger partial charge >= 0.3 is 0 Å². The SMILES string of the molecule is CCCCOc1cc2n(c(=NCC3COCCO3)c1)CCc1c(OC)ccc(OC)c1-2. The number of benzene rings is 1. The van der Waals surface area contributed by atoms with Crippen LogP contribution in [0.1, 0.15) is 25.3 Å². The number of pyridine rings is 1. The van der Waals surface area contributed by atoms with Gasteiger partial charge in [0.1, 0.15) is 28.8 Å². The normalized spacial score (nSPS) is 18.3. The van der Waals surface area contributed by atoms with E-state index < -0.39 is 0 Å². The smallest absolute Gasteiger partial charge is 0.131 e. The molecule has 1 aromatic heterocycles. The molecule has 0 spiro atoms. The van der Waals surface area contributed by atoms with Crippen LogP contribution in [0.25, 0.3) is 11.3 Å². The molecule has 0 saturated carbocycles. The first-order valence-electron chi connectivity index (χ1n) is 11.1. The molecule has 7 heteroatoms. The zero-order chi connectivity index (χ0) is 21.6. The average molecular weight is 429 g/mol. The Bertz CT molecular complexity index is 963. The van der Waals surface area contributed by atoms with Crippen LogP contribution in [0.4, 0.5) is 0 Å². The van der Waals surface area contributed by atoms with Crippen LogP contribution >= 0.6 is 0 Å². The van der Waals surface area contributed by atoms with Gasteiger partial charge in [-0.1, -0.05) is 13.3 Å². The van der Waals surface area contributed by atoms with E-state index in [0.29, 0.717) is 33.0 Å². The molecule has 3 heterocycles. The molecule has 4 rings (SSSR count). The minimum Gasteiger partial charge on any atom is -0.496 e. The number of unbranched alkanes of at least 4 members (excludes halogenated alkanes) is 1. The molecule has 0 amide bonds. The highest BCUT2D eigenvalue weighted by Gasteiger charge is 2.24. The summed E-state index contributed by atoms with van der Waals surface area (Å²) >= 11 is 0. The molecule has 0 N–H and O–H groups in total. The third-order valence-electron chi connectivity index (χ3n) is 5.74. The fourth-order valence-corrected chi connectivity index (χ4v) is 4.13. The lowest BCUT2D eigenvalue weighted by molar-refractivity contribution is -0.0835. The number of hydrogen-bond acceptors (Lipinski definition) is 6. The Kier molecular flexibility index (Phi) is 7.14. The number of aromatic nitrogens is 1. The Hall–Kier alpha value is -2.51. The third kappa shape index (κ3) is 4.72. The second kappa shape index (κ2) is 10.2. The van der Waals surface area contributed by atoms with Crippen LogP contribution in [0.3, 0.4) is 0 Å². The zero-order valence-corrected chi connectivity index (χ0v) is 18.7. The largest absolute Gasteiger partial charge is 0.496 e. The van der Waals surface area contributed by atoms with Crippen molar-refractivity contribution in [3.8, 4) is 28.5 Å². The molecule has 168 valence electrons. The molecule has 2 aliphatic rings. The van der Waals surface area contributed by atoms with Crippen molar-refractivity contribution in [2.24, 2.45) is 4.99 Å². The van der Waals surface area contributed by atoms with E-state index in [1.165, 1.54) is 0 Å². The number of nitrogens with zero attached hydrogens (tertiary/aromatic N) is 2. The van der Waals surface area contributed by atoms with Crippen LogP contribution < -0.4 is 19.7 Å². The van der Waals surface area contributed by atoms with Crippen molar-refractivity contribution in [1.82, 2.24) is 4.57 Å². The molecule has 0 bridgehead atoms. The summed E-state index contributed by atoms with van der Waals surface area (Å²) in [4.78, 5) is 4.91. The van der Waals surface area contributed by atoms with Gasteiger partial charge in [0.25, 0.3) is 0 Å². The summed E-state index contributed by atoms with van der Waals surface area (Å²) in [5.41, 5.74) is 4.12. The summed E-state index contributed by atoms with van der Waals surface area (Å²) in [7, 11) is 3.41. The summed E-state index contributed by atoms with van der Waals surface area (Å²) in [5.74, 6) is 2.52. The quantitative estimate of drug-likeness (QED) is 0.604. The molecule has 1 fully saturated rings.